The molecule has 0 heterocycles. The Morgan fingerprint density at radius 3 is 2.56 bits per heavy atom. The van der Waals surface area contributed by atoms with Crippen LogP contribution in [0, 0.1) is 5.92 Å². The highest BCUT2D eigenvalue weighted by Gasteiger charge is 2.21. The first-order valence-electron chi connectivity index (χ1n) is 6.69. The van der Waals surface area contributed by atoms with Gasteiger partial charge in [0.15, 0.2) is 0 Å². The van der Waals surface area contributed by atoms with Gasteiger partial charge in [0, 0.05) is 6.04 Å². The lowest BCUT2D eigenvalue weighted by Gasteiger charge is -2.27. The number of nitrogens with one attached hydrogen (secondary N) is 1. The standard InChI is InChI=1S/C13H26N2O/c1-3-4-5-12(14)13(16)15-11-8-6-10(2)7-9-11/h10-12H,3-9,14H2,1-2H3,(H,15,16)/t10?,11?,12-/m0/s1. The predicted octanol–water partition coefficient (Wildman–Crippen LogP) is 2.20. The van der Waals surface area contributed by atoms with Crippen molar-refractivity contribution in [3.05, 3.63) is 0 Å². The molecule has 3 heteroatoms. The highest BCUT2D eigenvalue weighted by Crippen LogP contribution is 2.23. The maximum atomic E-state index is 11.8. The molecule has 3 N–H and O–H groups in total. The molecule has 1 atom stereocenters. The summed E-state index contributed by atoms with van der Waals surface area (Å²) in [6.45, 7) is 4.40. The minimum atomic E-state index is -0.306. The largest absolute Gasteiger partial charge is 0.352 e. The fourth-order valence-electron chi connectivity index (χ4n) is 2.27. The van der Waals surface area contributed by atoms with E-state index in [2.05, 4.69) is 19.2 Å². The van der Waals surface area contributed by atoms with Crippen LogP contribution in [0.3, 0.4) is 0 Å². The first-order valence-corrected chi connectivity index (χ1v) is 6.69. The van der Waals surface area contributed by atoms with Crippen molar-refractivity contribution in [1.29, 1.82) is 0 Å². The molecule has 94 valence electrons. The summed E-state index contributed by atoms with van der Waals surface area (Å²) in [5.41, 5.74) is 5.84. The maximum absolute atomic E-state index is 11.8. The molecule has 0 unspecified atom stereocenters. The molecule has 1 saturated carbocycles. The highest BCUT2D eigenvalue weighted by molar-refractivity contribution is 5.81. The molecule has 1 fully saturated rings. The molecule has 0 spiro atoms. The van der Waals surface area contributed by atoms with Crippen LogP contribution in [0.2, 0.25) is 0 Å². The van der Waals surface area contributed by atoms with Crippen molar-refractivity contribution in [1.82, 2.24) is 5.32 Å². The van der Waals surface area contributed by atoms with E-state index in [1.165, 1.54) is 12.8 Å². The van der Waals surface area contributed by atoms with Crippen LogP contribution in [0.15, 0.2) is 0 Å². The second kappa shape index (κ2) is 6.89. The number of amides is 1. The van der Waals surface area contributed by atoms with Gasteiger partial charge in [-0.05, 0) is 38.0 Å². The van der Waals surface area contributed by atoms with Crippen molar-refractivity contribution in [2.75, 3.05) is 0 Å². The van der Waals surface area contributed by atoms with Crippen molar-refractivity contribution >= 4 is 5.91 Å². The fraction of sp³-hybridized carbons (Fsp3) is 0.923. The number of hydrogen-bond donors (Lipinski definition) is 2. The Kier molecular flexibility index (Phi) is 5.81. The fourth-order valence-corrected chi connectivity index (χ4v) is 2.27. The molecular weight excluding hydrogens is 200 g/mol. The van der Waals surface area contributed by atoms with Crippen LogP contribution in [0.25, 0.3) is 0 Å². The summed E-state index contributed by atoms with van der Waals surface area (Å²) >= 11 is 0. The van der Waals surface area contributed by atoms with Crippen molar-refractivity contribution in [3.8, 4) is 0 Å². The van der Waals surface area contributed by atoms with Gasteiger partial charge in [-0.1, -0.05) is 26.7 Å². The molecule has 3 nitrogen and oxygen atoms in total. The summed E-state index contributed by atoms with van der Waals surface area (Å²) in [4.78, 5) is 11.8. The molecule has 0 aromatic rings. The van der Waals surface area contributed by atoms with Gasteiger partial charge in [0.2, 0.25) is 5.91 Å². The third-order valence-electron chi connectivity index (χ3n) is 3.57. The van der Waals surface area contributed by atoms with Crippen LogP contribution in [-0.4, -0.2) is 18.0 Å². The second-order valence-corrected chi connectivity index (χ2v) is 5.21. The SMILES string of the molecule is CCCC[C@H](N)C(=O)NC1CCC(C)CC1. The Labute approximate surface area is 99.2 Å². The van der Waals surface area contributed by atoms with E-state index in [0.29, 0.717) is 6.04 Å². The van der Waals surface area contributed by atoms with E-state index < -0.39 is 0 Å². The lowest BCUT2D eigenvalue weighted by atomic mass is 9.87. The molecule has 0 aromatic carbocycles. The summed E-state index contributed by atoms with van der Waals surface area (Å²) < 4.78 is 0. The lowest BCUT2D eigenvalue weighted by molar-refractivity contribution is -0.123. The van der Waals surface area contributed by atoms with Crippen molar-refractivity contribution in [2.24, 2.45) is 11.7 Å². The lowest BCUT2D eigenvalue weighted by Crippen LogP contribution is -2.46. The van der Waals surface area contributed by atoms with E-state index in [-0.39, 0.29) is 11.9 Å². The summed E-state index contributed by atoms with van der Waals surface area (Å²) in [5.74, 6) is 0.870. The number of nitrogens with two attached hydrogens (primary N) is 1. The maximum Gasteiger partial charge on any atom is 0.237 e. The molecule has 0 aromatic heterocycles. The first kappa shape index (κ1) is 13.5. The monoisotopic (exact) mass is 226 g/mol. The van der Waals surface area contributed by atoms with Gasteiger partial charge in [-0.25, -0.2) is 0 Å². The second-order valence-electron chi connectivity index (χ2n) is 5.21. The Morgan fingerprint density at radius 2 is 2.00 bits per heavy atom. The zero-order valence-corrected chi connectivity index (χ0v) is 10.7. The normalized spacial score (nSPS) is 27.4. The number of carbonyl (C=O) groups is 1. The topological polar surface area (TPSA) is 55.1 Å². The minimum Gasteiger partial charge on any atom is -0.352 e. The van der Waals surface area contributed by atoms with E-state index >= 15 is 0 Å². The van der Waals surface area contributed by atoms with Crippen LogP contribution in [0.1, 0.15) is 58.8 Å². The molecule has 0 saturated heterocycles. The van der Waals surface area contributed by atoms with E-state index in [4.69, 9.17) is 5.73 Å². The Hall–Kier alpha value is -0.570. The number of unbranched alkanes of at least 4 members (excludes halogenated alkanes) is 1. The van der Waals surface area contributed by atoms with Gasteiger partial charge in [-0.2, -0.15) is 0 Å². The number of carbonyl (C=O) groups excluding carboxylic acids is 1. The molecule has 0 bridgehead atoms. The third kappa shape index (κ3) is 4.52. The molecular formula is C13H26N2O. The summed E-state index contributed by atoms with van der Waals surface area (Å²) in [6, 6.07) is 0.0654. The molecule has 1 aliphatic carbocycles. The predicted molar refractivity (Wildman–Crippen MR) is 67.1 cm³/mol. The molecule has 1 amide bonds. The van der Waals surface area contributed by atoms with Gasteiger partial charge in [0.1, 0.15) is 0 Å². The van der Waals surface area contributed by atoms with Crippen LogP contribution in [-0.2, 0) is 4.79 Å². The van der Waals surface area contributed by atoms with Gasteiger partial charge in [-0.15, -0.1) is 0 Å². The smallest absolute Gasteiger partial charge is 0.237 e. The minimum absolute atomic E-state index is 0.0491. The summed E-state index contributed by atoms with van der Waals surface area (Å²) in [5, 5.41) is 3.08. The van der Waals surface area contributed by atoms with Crippen LogP contribution < -0.4 is 11.1 Å². The van der Waals surface area contributed by atoms with Crippen molar-refractivity contribution in [3.63, 3.8) is 0 Å². The average Bonchev–Trinajstić information content (AvgIpc) is 2.29. The molecule has 16 heavy (non-hydrogen) atoms. The Morgan fingerprint density at radius 1 is 1.38 bits per heavy atom. The molecule has 1 rings (SSSR count). The number of rotatable bonds is 5. The molecule has 0 radical (unpaired) electrons. The van der Waals surface area contributed by atoms with Crippen molar-refractivity contribution in [2.45, 2.75) is 70.9 Å². The Balaban J connectivity index is 2.22. The van der Waals surface area contributed by atoms with E-state index in [0.717, 1.165) is 38.0 Å². The van der Waals surface area contributed by atoms with Crippen LogP contribution in [0.4, 0.5) is 0 Å². The highest BCUT2D eigenvalue weighted by atomic mass is 16.2. The zero-order valence-electron chi connectivity index (χ0n) is 10.7. The molecule has 0 aliphatic heterocycles. The quantitative estimate of drug-likeness (QED) is 0.755. The summed E-state index contributed by atoms with van der Waals surface area (Å²) in [6.07, 6.45) is 7.65. The third-order valence-corrected chi connectivity index (χ3v) is 3.57. The van der Waals surface area contributed by atoms with E-state index in [9.17, 15) is 4.79 Å². The van der Waals surface area contributed by atoms with Gasteiger partial charge in [0.25, 0.3) is 0 Å². The summed E-state index contributed by atoms with van der Waals surface area (Å²) in [7, 11) is 0. The van der Waals surface area contributed by atoms with Gasteiger partial charge in [0.05, 0.1) is 6.04 Å². The van der Waals surface area contributed by atoms with Crippen LogP contribution >= 0.6 is 0 Å². The zero-order chi connectivity index (χ0) is 12.0. The Bertz CT molecular complexity index is 210. The molecule has 1 aliphatic rings. The van der Waals surface area contributed by atoms with E-state index in [1.54, 1.807) is 0 Å². The van der Waals surface area contributed by atoms with Crippen molar-refractivity contribution < 1.29 is 4.79 Å². The van der Waals surface area contributed by atoms with E-state index in [1.807, 2.05) is 0 Å². The van der Waals surface area contributed by atoms with Gasteiger partial charge in [-0.3, -0.25) is 4.79 Å². The van der Waals surface area contributed by atoms with Gasteiger partial charge >= 0.3 is 0 Å². The number of hydrogen-bond acceptors (Lipinski definition) is 2. The first-order chi connectivity index (χ1) is 7.63. The average molecular weight is 226 g/mol. The van der Waals surface area contributed by atoms with Gasteiger partial charge < -0.3 is 11.1 Å². The van der Waals surface area contributed by atoms with Crippen LogP contribution in [0.5, 0.6) is 0 Å².